The molecule has 0 saturated carbocycles. The lowest BCUT2D eigenvalue weighted by Gasteiger charge is -2.36. The van der Waals surface area contributed by atoms with E-state index in [1.807, 2.05) is 13.2 Å². The van der Waals surface area contributed by atoms with Gasteiger partial charge in [0.05, 0.1) is 18.2 Å². The fraction of sp³-hybridized carbons (Fsp3) is 0.444. The van der Waals surface area contributed by atoms with Crippen LogP contribution in [0.4, 0.5) is 0 Å². The molecule has 4 aliphatic rings. The van der Waals surface area contributed by atoms with Crippen molar-refractivity contribution in [2.45, 2.75) is 19.3 Å². The van der Waals surface area contributed by atoms with Crippen LogP contribution in [0.25, 0.3) is 0 Å². The summed E-state index contributed by atoms with van der Waals surface area (Å²) < 4.78 is 5.68. The van der Waals surface area contributed by atoms with Gasteiger partial charge in [-0.15, -0.1) is 0 Å². The Kier molecular flexibility index (Phi) is 3.25. The van der Waals surface area contributed by atoms with Gasteiger partial charge in [0.2, 0.25) is 5.91 Å². The van der Waals surface area contributed by atoms with Gasteiger partial charge in [0.25, 0.3) is 0 Å². The van der Waals surface area contributed by atoms with E-state index >= 15 is 0 Å². The molecule has 0 radical (unpaired) electrons. The molecule has 0 aromatic rings. The smallest absolute Gasteiger partial charge is 0.234 e. The van der Waals surface area contributed by atoms with Crippen LogP contribution < -0.4 is 0 Å². The molecule has 0 saturated heterocycles. The van der Waals surface area contributed by atoms with E-state index in [0.29, 0.717) is 12.5 Å². The summed E-state index contributed by atoms with van der Waals surface area (Å²) in [6, 6.07) is 0. The standard InChI is InChI=1S/C18H20N2O2/c1-20-11-15(13-4-2-3-5-14(13)18(20)21)12-6-7-17-16(10-12)19-8-9-22-17/h2-4,7,11-12,14H,5-6,8-10H2,1H3. The minimum atomic E-state index is -0.00933. The van der Waals surface area contributed by atoms with Crippen molar-refractivity contribution in [1.29, 1.82) is 0 Å². The summed E-state index contributed by atoms with van der Waals surface area (Å²) in [6.07, 6.45) is 13.1. The van der Waals surface area contributed by atoms with Gasteiger partial charge in [-0.05, 0) is 36.0 Å². The molecular formula is C18H20N2O2. The Labute approximate surface area is 130 Å². The average molecular weight is 296 g/mol. The monoisotopic (exact) mass is 296 g/mol. The third-order valence-electron chi connectivity index (χ3n) is 4.87. The largest absolute Gasteiger partial charge is 0.490 e. The summed E-state index contributed by atoms with van der Waals surface area (Å²) in [5, 5.41) is 0. The number of allylic oxidation sites excluding steroid dienone is 6. The summed E-state index contributed by atoms with van der Waals surface area (Å²) >= 11 is 0. The number of carbonyl (C=O) groups is 1. The molecule has 0 spiro atoms. The Bertz CT molecular complexity index is 667. The number of ether oxygens (including phenoxy) is 1. The lowest BCUT2D eigenvalue weighted by molar-refractivity contribution is -0.131. The van der Waals surface area contributed by atoms with Crippen molar-refractivity contribution < 1.29 is 9.53 Å². The Morgan fingerprint density at radius 1 is 1.32 bits per heavy atom. The summed E-state index contributed by atoms with van der Waals surface area (Å²) in [5.41, 5.74) is 3.58. The SMILES string of the molecule is CN1C=C(C2CC=C3OCCN=C3C2)C2=CC=CCC2C1=O. The number of nitrogens with zero attached hydrogens (tertiary/aromatic N) is 2. The van der Waals surface area contributed by atoms with Gasteiger partial charge in [-0.1, -0.05) is 18.2 Å². The molecular weight excluding hydrogens is 276 g/mol. The molecule has 0 aromatic heterocycles. The van der Waals surface area contributed by atoms with E-state index in [9.17, 15) is 4.79 Å². The average Bonchev–Trinajstić information content (AvgIpc) is 2.58. The summed E-state index contributed by atoms with van der Waals surface area (Å²) in [6.45, 7) is 1.45. The maximum Gasteiger partial charge on any atom is 0.234 e. The number of amides is 1. The van der Waals surface area contributed by atoms with E-state index in [2.05, 4.69) is 29.3 Å². The molecule has 2 aliphatic heterocycles. The lowest BCUT2D eigenvalue weighted by atomic mass is 9.75. The summed E-state index contributed by atoms with van der Waals surface area (Å²) in [7, 11) is 1.86. The van der Waals surface area contributed by atoms with Crippen molar-refractivity contribution in [3.63, 3.8) is 0 Å². The van der Waals surface area contributed by atoms with Crippen LogP contribution in [-0.4, -0.2) is 36.7 Å². The molecule has 114 valence electrons. The highest BCUT2D eigenvalue weighted by atomic mass is 16.5. The van der Waals surface area contributed by atoms with Crippen LogP contribution in [0.5, 0.6) is 0 Å². The topological polar surface area (TPSA) is 41.9 Å². The molecule has 0 fully saturated rings. The van der Waals surface area contributed by atoms with Gasteiger partial charge in [0, 0.05) is 19.7 Å². The van der Waals surface area contributed by atoms with Crippen molar-refractivity contribution in [1.82, 2.24) is 4.90 Å². The quantitative estimate of drug-likeness (QED) is 0.746. The second-order valence-corrected chi connectivity index (χ2v) is 6.25. The van der Waals surface area contributed by atoms with Crippen molar-refractivity contribution in [3.05, 3.63) is 47.4 Å². The molecule has 1 amide bonds. The molecule has 22 heavy (non-hydrogen) atoms. The molecule has 2 atom stereocenters. The number of aliphatic imine (C=N–C) groups is 1. The van der Waals surface area contributed by atoms with Crippen LogP contribution in [0, 0.1) is 11.8 Å². The first-order chi connectivity index (χ1) is 10.7. The van der Waals surface area contributed by atoms with Gasteiger partial charge in [-0.2, -0.15) is 0 Å². The van der Waals surface area contributed by atoms with Crippen LogP contribution in [0.15, 0.2) is 52.4 Å². The predicted octanol–water partition coefficient (Wildman–Crippen LogP) is 2.61. The maximum atomic E-state index is 12.4. The van der Waals surface area contributed by atoms with Gasteiger partial charge in [0.1, 0.15) is 12.4 Å². The fourth-order valence-corrected chi connectivity index (χ4v) is 3.74. The summed E-state index contributed by atoms with van der Waals surface area (Å²) in [5.74, 6) is 1.55. The lowest BCUT2D eigenvalue weighted by Crippen LogP contribution is -2.37. The van der Waals surface area contributed by atoms with Gasteiger partial charge < -0.3 is 9.64 Å². The number of carbonyl (C=O) groups excluding carboxylic acids is 1. The Morgan fingerprint density at radius 3 is 3.14 bits per heavy atom. The molecule has 2 aliphatic carbocycles. The van der Waals surface area contributed by atoms with Gasteiger partial charge >= 0.3 is 0 Å². The predicted molar refractivity (Wildman–Crippen MR) is 85.2 cm³/mol. The molecule has 0 bridgehead atoms. The number of rotatable bonds is 1. The van der Waals surface area contributed by atoms with E-state index in [4.69, 9.17) is 4.74 Å². The molecule has 2 heterocycles. The number of hydrogen-bond acceptors (Lipinski definition) is 3. The maximum absolute atomic E-state index is 12.4. The molecule has 4 heteroatoms. The third-order valence-corrected chi connectivity index (χ3v) is 4.87. The van der Waals surface area contributed by atoms with Crippen LogP contribution in [0.3, 0.4) is 0 Å². The van der Waals surface area contributed by atoms with Gasteiger partial charge in [-0.3, -0.25) is 9.79 Å². The zero-order chi connectivity index (χ0) is 15.1. The summed E-state index contributed by atoms with van der Waals surface area (Å²) in [4.78, 5) is 18.7. The van der Waals surface area contributed by atoms with Crippen LogP contribution in [-0.2, 0) is 9.53 Å². The first-order valence-corrected chi connectivity index (χ1v) is 7.96. The highest BCUT2D eigenvalue weighted by Gasteiger charge is 2.36. The van der Waals surface area contributed by atoms with Gasteiger partial charge in [-0.25, -0.2) is 0 Å². The van der Waals surface area contributed by atoms with Crippen molar-refractivity contribution in [3.8, 4) is 0 Å². The zero-order valence-electron chi connectivity index (χ0n) is 12.8. The molecule has 4 rings (SSSR count). The van der Waals surface area contributed by atoms with Crippen molar-refractivity contribution in [2.24, 2.45) is 16.8 Å². The zero-order valence-corrected chi connectivity index (χ0v) is 12.8. The normalized spacial score (nSPS) is 30.4. The molecule has 2 unspecified atom stereocenters. The second kappa shape index (κ2) is 5.27. The first kappa shape index (κ1) is 13.6. The van der Waals surface area contributed by atoms with Crippen LogP contribution >= 0.6 is 0 Å². The van der Waals surface area contributed by atoms with Crippen LogP contribution in [0.2, 0.25) is 0 Å². The Hall–Kier alpha value is -2.10. The van der Waals surface area contributed by atoms with Crippen molar-refractivity contribution in [2.75, 3.05) is 20.2 Å². The molecule has 0 N–H and O–H groups in total. The number of hydrogen-bond donors (Lipinski definition) is 0. The van der Waals surface area contributed by atoms with Gasteiger partial charge in [0.15, 0.2) is 0 Å². The second-order valence-electron chi connectivity index (χ2n) is 6.25. The van der Waals surface area contributed by atoms with Crippen LogP contribution in [0.1, 0.15) is 19.3 Å². The Balaban J connectivity index is 1.68. The first-order valence-electron chi connectivity index (χ1n) is 7.96. The minimum absolute atomic E-state index is 0.00933. The van der Waals surface area contributed by atoms with E-state index in [-0.39, 0.29) is 11.8 Å². The molecule has 0 aromatic carbocycles. The third kappa shape index (κ3) is 2.14. The van der Waals surface area contributed by atoms with E-state index in [1.54, 1.807) is 4.90 Å². The highest BCUT2D eigenvalue weighted by molar-refractivity contribution is 6.00. The minimum Gasteiger partial charge on any atom is -0.490 e. The van der Waals surface area contributed by atoms with E-state index in [0.717, 1.165) is 37.3 Å². The molecule has 4 nitrogen and oxygen atoms in total. The van der Waals surface area contributed by atoms with E-state index in [1.165, 1.54) is 11.1 Å². The van der Waals surface area contributed by atoms with Crippen molar-refractivity contribution >= 4 is 11.6 Å². The Morgan fingerprint density at radius 2 is 2.23 bits per heavy atom. The van der Waals surface area contributed by atoms with E-state index < -0.39 is 0 Å². The highest BCUT2D eigenvalue weighted by Crippen LogP contribution is 2.40. The fourth-order valence-electron chi connectivity index (χ4n) is 3.74. The number of fused-ring (bicyclic) bond motifs is 2.